The van der Waals surface area contributed by atoms with Crippen LogP contribution in [0.15, 0.2) is 24.3 Å². The van der Waals surface area contributed by atoms with Crippen molar-refractivity contribution in [1.29, 1.82) is 0 Å². The van der Waals surface area contributed by atoms with Crippen molar-refractivity contribution < 1.29 is 19.7 Å². The summed E-state index contributed by atoms with van der Waals surface area (Å²) >= 11 is 0. The Labute approximate surface area is 158 Å². The summed E-state index contributed by atoms with van der Waals surface area (Å²) in [6.45, 7) is 5.33. The van der Waals surface area contributed by atoms with Gasteiger partial charge < -0.3 is 14.9 Å². The number of carbonyl (C=O) groups is 1. The molecule has 2 aliphatic rings. The van der Waals surface area contributed by atoms with Crippen molar-refractivity contribution in [2.75, 3.05) is 6.61 Å². The van der Waals surface area contributed by atoms with Gasteiger partial charge in [0, 0.05) is 12.3 Å². The second-order valence-corrected chi connectivity index (χ2v) is 8.33. The summed E-state index contributed by atoms with van der Waals surface area (Å²) in [7, 11) is 0. The van der Waals surface area contributed by atoms with Crippen LogP contribution in [0.4, 0.5) is 0 Å². The van der Waals surface area contributed by atoms with Crippen molar-refractivity contribution in [1.82, 2.24) is 0 Å². The van der Waals surface area contributed by atoms with Gasteiger partial charge in [-0.25, -0.2) is 0 Å². The molecular weight excluding hydrogens is 328 g/mol. The van der Waals surface area contributed by atoms with E-state index in [9.17, 15) is 9.90 Å². The van der Waals surface area contributed by atoms with Gasteiger partial charge in [-0.1, -0.05) is 57.4 Å². The third-order valence-corrected chi connectivity index (χ3v) is 6.06. The van der Waals surface area contributed by atoms with Gasteiger partial charge in [0.2, 0.25) is 0 Å². The molecule has 2 fully saturated rings. The minimum Gasteiger partial charge on any atom is -0.481 e. The van der Waals surface area contributed by atoms with E-state index in [0.29, 0.717) is 18.3 Å². The van der Waals surface area contributed by atoms with E-state index in [1.807, 2.05) is 6.08 Å². The molecule has 1 saturated carbocycles. The number of allylic oxidation sites excluding steroid dienone is 2. The first-order chi connectivity index (χ1) is 12.5. The zero-order valence-electron chi connectivity index (χ0n) is 16.4. The van der Waals surface area contributed by atoms with E-state index >= 15 is 0 Å². The molecule has 0 amide bonds. The van der Waals surface area contributed by atoms with Crippen LogP contribution in [-0.4, -0.2) is 35.0 Å². The molecule has 2 bridgehead atoms. The number of fused-ring (bicyclic) bond motifs is 2. The highest BCUT2D eigenvalue weighted by molar-refractivity contribution is 5.66. The number of aliphatic hydroxyl groups is 1. The summed E-state index contributed by atoms with van der Waals surface area (Å²) in [6.07, 6.45) is 16.6. The topological polar surface area (TPSA) is 66.8 Å². The Hall–Kier alpha value is -1.13. The molecule has 0 aromatic carbocycles. The molecule has 0 aromatic rings. The molecule has 2 N–H and O–H groups in total. The molecule has 0 aromatic heterocycles. The number of rotatable bonds is 12. The Morgan fingerprint density at radius 1 is 1.31 bits per heavy atom. The van der Waals surface area contributed by atoms with E-state index in [2.05, 4.69) is 32.1 Å². The molecule has 1 saturated heterocycles. The van der Waals surface area contributed by atoms with Crippen molar-refractivity contribution in [3.8, 4) is 0 Å². The molecule has 0 spiro atoms. The zero-order chi connectivity index (χ0) is 19.0. The van der Waals surface area contributed by atoms with Crippen LogP contribution < -0.4 is 0 Å². The Bertz CT molecular complexity index is 498. The average Bonchev–Trinajstić information content (AvgIpc) is 3.10. The predicted octanol–water partition coefficient (Wildman–Crippen LogP) is 4.73. The fraction of sp³-hybridized carbons (Fsp3) is 0.773. The SMILES string of the molecule is CCCCC[C@H](O)/C=C/[C@H]1C2CC(C)(CO2)[C@@H]1C/C=C/CCCC(=O)O. The summed E-state index contributed by atoms with van der Waals surface area (Å²) in [5.41, 5.74) is 0.220. The normalized spacial score (nSPS) is 32.0. The Balaban J connectivity index is 1.86. The number of aliphatic hydroxyl groups excluding tert-OH is 1. The molecule has 2 unspecified atom stereocenters. The maximum Gasteiger partial charge on any atom is 0.303 e. The number of hydrogen-bond acceptors (Lipinski definition) is 3. The van der Waals surface area contributed by atoms with Gasteiger partial charge in [-0.05, 0) is 43.4 Å². The van der Waals surface area contributed by atoms with E-state index in [1.165, 1.54) is 12.8 Å². The van der Waals surface area contributed by atoms with Crippen LogP contribution in [0, 0.1) is 17.3 Å². The van der Waals surface area contributed by atoms with E-state index < -0.39 is 5.97 Å². The van der Waals surface area contributed by atoms with Crippen LogP contribution >= 0.6 is 0 Å². The van der Waals surface area contributed by atoms with E-state index in [1.54, 1.807) is 0 Å². The van der Waals surface area contributed by atoms with Gasteiger partial charge >= 0.3 is 5.97 Å². The second-order valence-electron chi connectivity index (χ2n) is 8.33. The Morgan fingerprint density at radius 2 is 2.12 bits per heavy atom. The lowest BCUT2D eigenvalue weighted by atomic mass is 9.75. The van der Waals surface area contributed by atoms with Crippen molar-refractivity contribution in [2.45, 2.75) is 83.8 Å². The number of carboxylic acids is 1. The van der Waals surface area contributed by atoms with E-state index in [0.717, 1.165) is 38.7 Å². The van der Waals surface area contributed by atoms with Crippen LogP contribution in [0.3, 0.4) is 0 Å². The van der Waals surface area contributed by atoms with Gasteiger partial charge in [0.1, 0.15) is 0 Å². The van der Waals surface area contributed by atoms with Crippen LogP contribution in [0.25, 0.3) is 0 Å². The first kappa shape index (κ1) is 21.2. The van der Waals surface area contributed by atoms with Gasteiger partial charge in [-0.3, -0.25) is 4.79 Å². The van der Waals surface area contributed by atoms with Gasteiger partial charge in [-0.2, -0.15) is 0 Å². The summed E-state index contributed by atoms with van der Waals surface area (Å²) in [5, 5.41) is 18.9. The second kappa shape index (κ2) is 10.3. The fourth-order valence-corrected chi connectivity index (χ4v) is 4.49. The fourth-order valence-electron chi connectivity index (χ4n) is 4.49. The maximum atomic E-state index is 10.6. The number of aliphatic carboxylic acids is 1. The summed E-state index contributed by atoms with van der Waals surface area (Å²) in [5.74, 6) is 0.188. The minimum absolute atomic E-state index is 0.220. The lowest BCUT2D eigenvalue weighted by Gasteiger charge is -2.35. The molecule has 4 nitrogen and oxygen atoms in total. The van der Waals surface area contributed by atoms with Crippen molar-refractivity contribution in [3.05, 3.63) is 24.3 Å². The van der Waals surface area contributed by atoms with Gasteiger partial charge in [0.05, 0.1) is 18.8 Å². The first-order valence-electron chi connectivity index (χ1n) is 10.3. The van der Waals surface area contributed by atoms with Crippen molar-refractivity contribution in [3.63, 3.8) is 0 Å². The molecule has 1 aliphatic carbocycles. The van der Waals surface area contributed by atoms with Crippen LogP contribution in [0.1, 0.15) is 71.6 Å². The standard InChI is InChI=1S/C22H36O4/c1-3-4-7-10-17(23)13-14-18-19(22(2)15-20(18)26-16-22)11-8-5-6-9-12-21(24)25/h5,8,13-14,17-20,23H,3-4,6-7,9-12,15-16H2,1-2H3,(H,24,25)/b8-5+,14-13+/t17-,18+,19+,20?,22?/m0/s1. The average molecular weight is 365 g/mol. The van der Waals surface area contributed by atoms with Crippen LogP contribution in [0.5, 0.6) is 0 Å². The molecule has 0 radical (unpaired) electrons. The van der Waals surface area contributed by atoms with E-state index in [4.69, 9.17) is 9.84 Å². The molecule has 4 heteroatoms. The predicted molar refractivity (Wildman–Crippen MR) is 104 cm³/mol. The quantitative estimate of drug-likeness (QED) is 0.388. The smallest absolute Gasteiger partial charge is 0.303 e. The lowest BCUT2D eigenvalue weighted by Crippen LogP contribution is -2.33. The molecule has 26 heavy (non-hydrogen) atoms. The molecule has 148 valence electrons. The number of ether oxygens (including phenoxy) is 1. The first-order valence-corrected chi connectivity index (χ1v) is 10.3. The largest absolute Gasteiger partial charge is 0.481 e. The number of hydrogen-bond donors (Lipinski definition) is 2. The Morgan fingerprint density at radius 3 is 2.85 bits per heavy atom. The lowest BCUT2D eigenvalue weighted by molar-refractivity contribution is -0.137. The zero-order valence-corrected chi connectivity index (χ0v) is 16.4. The molecule has 1 heterocycles. The monoisotopic (exact) mass is 364 g/mol. The molecular formula is C22H36O4. The third-order valence-electron chi connectivity index (χ3n) is 6.06. The summed E-state index contributed by atoms with van der Waals surface area (Å²) in [4.78, 5) is 10.6. The van der Waals surface area contributed by atoms with Crippen LogP contribution in [0.2, 0.25) is 0 Å². The number of carboxylic acid groups (broad SMARTS) is 1. The highest BCUT2D eigenvalue weighted by Gasteiger charge is 2.54. The Kier molecular flexibility index (Phi) is 8.36. The summed E-state index contributed by atoms with van der Waals surface area (Å²) in [6, 6.07) is 0. The van der Waals surface area contributed by atoms with Gasteiger partial charge in [0.15, 0.2) is 0 Å². The van der Waals surface area contributed by atoms with E-state index in [-0.39, 0.29) is 24.0 Å². The highest BCUT2D eigenvalue weighted by Crippen LogP contribution is 2.55. The highest BCUT2D eigenvalue weighted by atomic mass is 16.5. The molecule has 5 atom stereocenters. The maximum absolute atomic E-state index is 10.6. The van der Waals surface area contributed by atoms with Crippen molar-refractivity contribution >= 4 is 5.97 Å². The van der Waals surface area contributed by atoms with Gasteiger partial charge in [0.25, 0.3) is 0 Å². The van der Waals surface area contributed by atoms with Gasteiger partial charge in [-0.15, -0.1) is 0 Å². The summed E-state index contributed by atoms with van der Waals surface area (Å²) < 4.78 is 5.98. The minimum atomic E-state index is -0.723. The van der Waals surface area contributed by atoms with Crippen LogP contribution in [-0.2, 0) is 9.53 Å². The molecule has 2 rings (SSSR count). The van der Waals surface area contributed by atoms with Crippen molar-refractivity contribution in [2.24, 2.45) is 17.3 Å². The third kappa shape index (κ3) is 5.95. The molecule has 1 aliphatic heterocycles. The number of unbranched alkanes of at least 4 members (excludes halogenated alkanes) is 3.